The van der Waals surface area contributed by atoms with Crippen molar-refractivity contribution in [2.24, 2.45) is 10.7 Å². The minimum Gasteiger partial charge on any atom is -0.459 e. The van der Waals surface area contributed by atoms with Gasteiger partial charge in [-0.05, 0) is 76.1 Å². The molecule has 2 heterocycles. The molecule has 0 unspecified atom stereocenters. The van der Waals surface area contributed by atoms with Gasteiger partial charge in [-0.25, -0.2) is 9.59 Å². The Morgan fingerprint density at radius 2 is 1.24 bits per heavy atom. The zero-order chi connectivity index (χ0) is 30.6. The summed E-state index contributed by atoms with van der Waals surface area (Å²) in [5, 5.41) is 5.80. The molecule has 0 bridgehead atoms. The van der Waals surface area contributed by atoms with E-state index in [1.165, 1.54) is 6.08 Å². The number of hydrogen-bond donors (Lipinski definition) is 3. The molecule has 2 aliphatic heterocycles. The average molecular weight is 956 g/mol. The number of amides is 2. The van der Waals surface area contributed by atoms with Crippen LogP contribution < -0.4 is 16.4 Å². The van der Waals surface area contributed by atoms with E-state index in [-0.39, 0.29) is 77.5 Å². The molecular formula is C30H48I2N6O2Y2-2. The van der Waals surface area contributed by atoms with Crippen LogP contribution in [0.2, 0.25) is 0 Å². The molecule has 4 rings (SSSR count). The van der Waals surface area contributed by atoms with Crippen molar-refractivity contribution in [2.75, 3.05) is 31.5 Å². The van der Waals surface area contributed by atoms with Gasteiger partial charge in [0, 0.05) is 120 Å². The van der Waals surface area contributed by atoms with Crippen LogP contribution in [0.5, 0.6) is 0 Å². The molecule has 232 valence electrons. The van der Waals surface area contributed by atoms with Crippen LogP contribution in [-0.4, -0.2) is 60.2 Å². The third-order valence-electron chi connectivity index (χ3n) is 5.52. The molecule has 2 saturated heterocycles. The van der Waals surface area contributed by atoms with Crippen LogP contribution >= 0.6 is 37.2 Å². The predicted molar refractivity (Wildman–Crippen MR) is 188 cm³/mol. The molecular weight excluding hydrogens is 908 g/mol. The third kappa shape index (κ3) is 28.1. The summed E-state index contributed by atoms with van der Waals surface area (Å²) in [4.78, 5) is 28.9. The second-order valence-electron chi connectivity index (χ2n) is 8.35. The number of para-hydroxylation sites is 2. The first-order valence-electron chi connectivity index (χ1n) is 13.7. The summed E-state index contributed by atoms with van der Waals surface area (Å²) in [5.74, 6) is 0. The number of nitrogens with zero attached hydrogens (tertiary/aromatic N) is 3. The number of benzene rings is 2. The molecule has 2 fully saturated rings. The largest absolute Gasteiger partial charge is 0.459 e. The van der Waals surface area contributed by atoms with E-state index in [1.54, 1.807) is 12.1 Å². The number of aliphatic imine (C=N–C) groups is 1. The van der Waals surface area contributed by atoms with E-state index in [0.717, 1.165) is 57.5 Å². The number of piperidine rings is 2. The van der Waals surface area contributed by atoms with E-state index in [4.69, 9.17) is 5.73 Å². The van der Waals surface area contributed by atoms with Crippen molar-refractivity contribution in [1.29, 1.82) is 0 Å². The van der Waals surface area contributed by atoms with E-state index in [9.17, 15) is 9.59 Å². The second-order valence-corrected chi connectivity index (χ2v) is 8.35. The summed E-state index contributed by atoms with van der Waals surface area (Å²) < 4.78 is 0. The van der Waals surface area contributed by atoms with Gasteiger partial charge in [0.25, 0.3) is 0 Å². The van der Waals surface area contributed by atoms with E-state index >= 15 is 0 Å². The average Bonchev–Trinajstić information content (AvgIpc) is 3.01. The van der Waals surface area contributed by atoms with Crippen LogP contribution in [0.3, 0.4) is 0 Å². The van der Waals surface area contributed by atoms with Gasteiger partial charge in [0.05, 0.1) is 5.69 Å². The summed E-state index contributed by atoms with van der Waals surface area (Å²) in [6.07, 6.45) is 5.62. The van der Waals surface area contributed by atoms with Crippen molar-refractivity contribution >= 4 is 60.7 Å². The van der Waals surface area contributed by atoms with Gasteiger partial charge in [-0.1, -0.05) is 64.1 Å². The van der Waals surface area contributed by atoms with Gasteiger partial charge in [0.1, 0.15) is 0 Å². The first-order chi connectivity index (χ1) is 19.5. The smallest absolute Gasteiger partial charge is 0.319 e. The van der Waals surface area contributed by atoms with Gasteiger partial charge in [-0.2, -0.15) is 4.99 Å². The molecule has 0 atom stereocenters. The Bertz CT molecular complexity index is 872. The van der Waals surface area contributed by atoms with Crippen LogP contribution in [0.25, 0.3) is 0 Å². The molecule has 42 heavy (non-hydrogen) atoms. The van der Waals surface area contributed by atoms with E-state index in [0.29, 0.717) is 11.7 Å². The summed E-state index contributed by atoms with van der Waals surface area (Å²) >= 11 is 4.24. The number of halogens is 2. The standard InChI is InChI=1S/C13H18N3O.C7H5NO.C6H13N2.2C2H6.I2.2Y/c1-16-9-7-12(8-10-16)15-13(17)14-11-5-3-2-4-6-11;9-6-8-7-4-2-1-3-5-7;1-8-4-2-6(7)3-5-8;3*1-2;;/h2-6,12H,1,7-10H2,(H2,14,15,17);1-5H;6H,1-5,7H2;2*1-2H3;;;/q-1;;-1;;;;;. The molecule has 0 aromatic heterocycles. The number of nitrogens with one attached hydrogen (secondary N) is 2. The normalized spacial score (nSPS) is 14.3. The molecule has 4 N–H and O–H groups in total. The number of carbonyl (C=O) groups excluding carboxylic acids is 2. The van der Waals surface area contributed by atoms with Gasteiger partial charge in [-0.3, -0.25) is 14.1 Å². The Kier molecular flexibility index (Phi) is 42.6. The Balaban J connectivity index is -0.000000248. The molecule has 2 aromatic rings. The van der Waals surface area contributed by atoms with Gasteiger partial charge >= 0.3 is 6.03 Å². The second kappa shape index (κ2) is 36.1. The molecule has 0 spiro atoms. The van der Waals surface area contributed by atoms with E-state index in [1.807, 2.05) is 81.1 Å². The summed E-state index contributed by atoms with van der Waals surface area (Å²) in [6.45, 7) is 12.0. The van der Waals surface area contributed by atoms with Crippen molar-refractivity contribution in [1.82, 2.24) is 15.1 Å². The minimum absolute atomic E-state index is 0. The molecule has 2 radical (unpaired) electrons. The number of carbonyl (C=O) groups is 1. The summed E-state index contributed by atoms with van der Waals surface area (Å²) in [5.41, 5.74) is 7.11. The maximum Gasteiger partial charge on any atom is 0.319 e. The zero-order valence-electron chi connectivity index (χ0n) is 25.6. The topological polar surface area (TPSA) is 103 Å². The molecule has 0 aliphatic carbocycles. The summed E-state index contributed by atoms with van der Waals surface area (Å²) in [6, 6.07) is 19.0. The fraction of sp³-hybridized carbons (Fsp3) is 0.467. The molecule has 8 nitrogen and oxygen atoms in total. The molecule has 2 amide bonds. The van der Waals surface area contributed by atoms with Crippen LogP contribution in [0.15, 0.2) is 65.7 Å². The minimum atomic E-state index is -0.126. The first kappa shape index (κ1) is 49.5. The number of nitrogens with two attached hydrogens (primary N) is 1. The third-order valence-corrected chi connectivity index (χ3v) is 5.52. The number of isocyanates is 1. The number of likely N-dealkylation sites (tertiary alicyclic amines) is 2. The van der Waals surface area contributed by atoms with Crippen LogP contribution in [-0.2, 0) is 70.2 Å². The van der Waals surface area contributed by atoms with Crippen LogP contribution in [0, 0.1) is 14.1 Å². The molecule has 0 saturated carbocycles. The number of rotatable bonds is 3. The Hall–Kier alpha value is 0.638. The van der Waals surface area contributed by atoms with Gasteiger partial charge in [-0.15, -0.1) is 0 Å². The number of anilines is 1. The van der Waals surface area contributed by atoms with Crippen molar-refractivity contribution in [3.05, 3.63) is 74.8 Å². The Labute approximate surface area is 329 Å². The van der Waals surface area contributed by atoms with E-state index in [2.05, 4.69) is 71.9 Å². The maximum absolute atomic E-state index is 11.7. The Morgan fingerprint density at radius 1 is 0.833 bits per heavy atom. The molecule has 2 aromatic carbocycles. The number of urea groups is 1. The fourth-order valence-electron chi connectivity index (χ4n) is 3.46. The summed E-state index contributed by atoms with van der Waals surface area (Å²) in [7, 11) is 7.69. The molecule has 2 aliphatic rings. The van der Waals surface area contributed by atoms with Crippen LogP contribution in [0.4, 0.5) is 16.2 Å². The predicted octanol–water partition coefficient (Wildman–Crippen LogP) is 7.74. The zero-order valence-corrected chi connectivity index (χ0v) is 35.6. The first-order valence-corrected chi connectivity index (χ1v) is 20.0. The fourth-order valence-corrected chi connectivity index (χ4v) is 3.46. The van der Waals surface area contributed by atoms with Crippen molar-refractivity contribution in [2.45, 2.75) is 65.5 Å². The maximum atomic E-state index is 11.7. The van der Waals surface area contributed by atoms with Crippen molar-refractivity contribution < 1.29 is 75.0 Å². The van der Waals surface area contributed by atoms with Crippen molar-refractivity contribution in [3.8, 4) is 0 Å². The SMILES string of the molecule is CC.CC.II.O=C=Nc1ccccc1.[CH2-]N1CCC(N)CC1.[CH2-]N1CCC(NC(=O)Nc2ccccc2)CC1.[Y].[Y]. The monoisotopic (exact) mass is 956 g/mol. The number of hydrogen-bond acceptors (Lipinski definition) is 6. The quantitative estimate of drug-likeness (QED) is 0.127. The molecule has 12 heteroatoms. The van der Waals surface area contributed by atoms with Gasteiger partial charge < -0.3 is 26.2 Å². The van der Waals surface area contributed by atoms with Crippen molar-refractivity contribution in [3.63, 3.8) is 0 Å². The van der Waals surface area contributed by atoms with Gasteiger partial charge in [0.2, 0.25) is 6.08 Å². The van der Waals surface area contributed by atoms with E-state index < -0.39 is 0 Å². The Morgan fingerprint density at radius 3 is 1.64 bits per heavy atom. The van der Waals surface area contributed by atoms with Crippen LogP contribution in [0.1, 0.15) is 53.4 Å². The van der Waals surface area contributed by atoms with Gasteiger partial charge in [0.15, 0.2) is 0 Å².